The van der Waals surface area contributed by atoms with Gasteiger partial charge in [-0.2, -0.15) is 0 Å². The van der Waals surface area contributed by atoms with Gasteiger partial charge in [-0.05, 0) is 58.7 Å². The SMILES string of the molecule is CC1(C)c2ccccc2N(c2ccccc2)c2ccc(C3(c4ccccc4)c4ccccc4[S+]([O-])c4ccccc43)cc21. The van der Waals surface area contributed by atoms with Gasteiger partial charge in [0.05, 0.1) is 16.8 Å². The maximum absolute atomic E-state index is 14.0. The van der Waals surface area contributed by atoms with Crippen molar-refractivity contribution in [2.75, 3.05) is 4.90 Å². The summed E-state index contributed by atoms with van der Waals surface area (Å²) in [5, 5.41) is 0. The number of rotatable bonds is 3. The maximum atomic E-state index is 14.0. The lowest BCUT2D eigenvalue weighted by atomic mass is 9.63. The first kappa shape index (κ1) is 26.1. The Bertz CT molecular complexity index is 1930. The number of benzene rings is 6. The first-order valence-electron chi connectivity index (χ1n) is 14.8. The predicted molar refractivity (Wildman–Crippen MR) is 176 cm³/mol. The van der Waals surface area contributed by atoms with Gasteiger partial charge in [-0.25, -0.2) is 0 Å². The number of anilines is 3. The van der Waals surface area contributed by atoms with Crippen LogP contribution in [0.2, 0.25) is 0 Å². The molecule has 0 spiro atoms. The van der Waals surface area contributed by atoms with E-state index in [9.17, 15) is 4.55 Å². The molecule has 2 nitrogen and oxygen atoms in total. The highest BCUT2D eigenvalue weighted by molar-refractivity contribution is 7.91. The highest BCUT2D eigenvalue weighted by Crippen LogP contribution is 2.57. The Kier molecular flexibility index (Phi) is 5.91. The minimum Gasteiger partial charge on any atom is -0.606 e. The van der Waals surface area contributed by atoms with Crippen LogP contribution < -0.4 is 4.90 Å². The van der Waals surface area contributed by atoms with Crippen LogP contribution in [0.4, 0.5) is 17.1 Å². The van der Waals surface area contributed by atoms with Crippen LogP contribution in [0.3, 0.4) is 0 Å². The van der Waals surface area contributed by atoms with E-state index >= 15 is 0 Å². The number of para-hydroxylation sites is 2. The van der Waals surface area contributed by atoms with E-state index in [2.05, 4.69) is 146 Å². The highest BCUT2D eigenvalue weighted by Gasteiger charge is 2.50. The van der Waals surface area contributed by atoms with E-state index in [0.29, 0.717) is 0 Å². The lowest BCUT2D eigenvalue weighted by Crippen LogP contribution is -2.38. The Labute approximate surface area is 256 Å². The molecule has 0 aromatic heterocycles. The molecular formula is C40H31NOS. The average Bonchev–Trinajstić information content (AvgIpc) is 3.06. The predicted octanol–water partition coefficient (Wildman–Crippen LogP) is 9.66. The van der Waals surface area contributed by atoms with Gasteiger partial charge in [0.2, 0.25) is 0 Å². The van der Waals surface area contributed by atoms with E-state index in [1.807, 2.05) is 24.3 Å². The summed E-state index contributed by atoms with van der Waals surface area (Å²) in [5.41, 5.74) is 9.70. The molecule has 6 aromatic carbocycles. The van der Waals surface area contributed by atoms with Crippen molar-refractivity contribution in [3.05, 3.63) is 185 Å². The molecule has 208 valence electrons. The minimum absolute atomic E-state index is 0.248. The Morgan fingerprint density at radius 1 is 0.488 bits per heavy atom. The summed E-state index contributed by atoms with van der Waals surface area (Å²) in [4.78, 5) is 4.14. The number of hydrogen-bond acceptors (Lipinski definition) is 2. The summed E-state index contributed by atoms with van der Waals surface area (Å²) in [7, 11) is 0. The molecule has 6 aromatic rings. The second-order valence-corrected chi connectivity index (χ2v) is 13.3. The lowest BCUT2D eigenvalue weighted by molar-refractivity contribution is 0.576. The van der Waals surface area contributed by atoms with Crippen LogP contribution in [-0.2, 0) is 22.0 Å². The quantitative estimate of drug-likeness (QED) is 0.197. The van der Waals surface area contributed by atoms with E-state index < -0.39 is 16.6 Å². The summed E-state index contributed by atoms with van der Waals surface area (Å²) in [6.07, 6.45) is 0. The third-order valence-electron chi connectivity index (χ3n) is 9.36. The van der Waals surface area contributed by atoms with Gasteiger partial charge >= 0.3 is 0 Å². The molecule has 0 N–H and O–H groups in total. The summed E-state index contributed by atoms with van der Waals surface area (Å²) >= 11 is -1.27. The van der Waals surface area contributed by atoms with E-state index in [1.54, 1.807) is 0 Å². The Hall–Kier alpha value is -4.57. The van der Waals surface area contributed by atoms with Crippen molar-refractivity contribution in [3.63, 3.8) is 0 Å². The summed E-state index contributed by atoms with van der Waals surface area (Å²) in [6, 6.07) is 53.8. The second-order valence-electron chi connectivity index (χ2n) is 11.9. The fraction of sp³-hybridized carbons (Fsp3) is 0.100. The van der Waals surface area contributed by atoms with Crippen LogP contribution in [-0.4, -0.2) is 4.55 Å². The van der Waals surface area contributed by atoms with Crippen LogP contribution in [0, 0.1) is 0 Å². The Morgan fingerprint density at radius 3 is 1.65 bits per heavy atom. The third-order valence-corrected chi connectivity index (χ3v) is 10.9. The molecule has 0 unspecified atom stereocenters. The van der Waals surface area contributed by atoms with Gasteiger partial charge in [-0.15, -0.1) is 0 Å². The molecule has 2 aliphatic rings. The molecule has 0 fully saturated rings. The number of fused-ring (bicyclic) bond motifs is 4. The molecule has 43 heavy (non-hydrogen) atoms. The van der Waals surface area contributed by atoms with Crippen molar-refractivity contribution in [1.29, 1.82) is 0 Å². The van der Waals surface area contributed by atoms with Crippen LogP contribution in [0.5, 0.6) is 0 Å². The van der Waals surface area contributed by atoms with Crippen LogP contribution >= 0.6 is 0 Å². The minimum atomic E-state index is -1.27. The zero-order valence-electron chi connectivity index (χ0n) is 24.2. The fourth-order valence-corrected chi connectivity index (χ4v) is 8.89. The number of hydrogen-bond donors (Lipinski definition) is 0. The van der Waals surface area contributed by atoms with Crippen molar-refractivity contribution < 1.29 is 4.55 Å². The lowest BCUT2D eigenvalue weighted by Gasteiger charge is -2.45. The Morgan fingerprint density at radius 2 is 1.00 bits per heavy atom. The monoisotopic (exact) mass is 573 g/mol. The fourth-order valence-electron chi connectivity index (χ4n) is 7.41. The van der Waals surface area contributed by atoms with Crippen LogP contribution in [0.1, 0.15) is 47.2 Å². The molecule has 0 amide bonds. The average molecular weight is 574 g/mol. The molecule has 3 heteroatoms. The normalized spacial score (nSPS) is 19.5. The third kappa shape index (κ3) is 3.65. The molecule has 0 bridgehead atoms. The molecule has 2 heterocycles. The van der Waals surface area contributed by atoms with Gasteiger partial charge in [0.15, 0.2) is 9.79 Å². The summed E-state index contributed by atoms with van der Waals surface area (Å²) in [5.74, 6) is 0. The molecule has 0 saturated carbocycles. The molecule has 8 rings (SSSR count). The summed E-state index contributed by atoms with van der Waals surface area (Å²) in [6.45, 7) is 4.67. The van der Waals surface area contributed by atoms with Crippen LogP contribution in [0.25, 0.3) is 0 Å². The van der Waals surface area contributed by atoms with Crippen molar-refractivity contribution in [2.24, 2.45) is 0 Å². The van der Waals surface area contributed by atoms with Gasteiger partial charge in [0.1, 0.15) is 0 Å². The Balaban J connectivity index is 1.48. The molecule has 0 radical (unpaired) electrons. The van der Waals surface area contributed by atoms with Crippen molar-refractivity contribution >= 4 is 28.2 Å². The topological polar surface area (TPSA) is 26.3 Å². The summed E-state index contributed by atoms with van der Waals surface area (Å²) < 4.78 is 14.0. The standard InChI is InChI=1S/C40H31NOS/c1-39(2)31-19-9-12-22-35(31)41(30-17-7-4-8-18-30)36-26-25-29(27-34(36)39)40(28-15-5-3-6-16-28)32-20-10-13-23-37(32)43(42)38-24-14-11-21-33(38)40/h3-27H,1-2H3. The molecule has 0 atom stereocenters. The van der Waals surface area contributed by atoms with Crippen molar-refractivity contribution in [1.82, 2.24) is 0 Å². The van der Waals surface area contributed by atoms with Gasteiger partial charge in [0.25, 0.3) is 0 Å². The van der Waals surface area contributed by atoms with Crippen molar-refractivity contribution in [2.45, 2.75) is 34.5 Å². The van der Waals surface area contributed by atoms with E-state index in [1.165, 1.54) is 33.6 Å². The van der Waals surface area contributed by atoms with Crippen molar-refractivity contribution in [3.8, 4) is 0 Å². The second kappa shape index (κ2) is 9.74. The van der Waals surface area contributed by atoms with E-state index in [4.69, 9.17) is 0 Å². The van der Waals surface area contributed by atoms with Gasteiger partial charge < -0.3 is 9.45 Å². The number of nitrogens with zero attached hydrogens (tertiary/aromatic N) is 1. The van der Waals surface area contributed by atoms with E-state index in [0.717, 1.165) is 26.6 Å². The molecule has 0 saturated heterocycles. The van der Waals surface area contributed by atoms with Gasteiger partial charge in [0, 0.05) is 33.4 Å². The van der Waals surface area contributed by atoms with Crippen LogP contribution in [0.15, 0.2) is 161 Å². The first-order chi connectivity index (χ1) is 21.0. The largest absolute Gasteiger partial charge is 0.606 e. The molecule has 0 aliphatic carbocycles. The molecule has 2 aliphatic heterocycles. The zero-order chi connectivity index (χ0) is 29.2. The maximum Gasteiger partial charge on any atom is 0.163 e. The molecular weight excluding hydrogens is 543 g/mol. The smallest absolute Gasteiger partial charge is 0.163 e. The first-order valence-corrected chi connectivity index (χ1v) is 15.9. The highest BCUT2D eigenvalue weighted by atomic mass is 32.2. The van der Waals surface area contributed by atoms with Gasteiger partial charge in [-0.1, -0.05) is 129 Å². The van der Waals surface area contributed by atoms with E-state index in [-0.39, 0.29) is 5.41 Å². The zero-order valence-corrected chi connectivity index (χ0v) is 25.0. The van der Waals surface area contributed by atoms with Gasteiger partial charge in [-0.3, -0.25) is 0 Å².